The first kappa shape index (κ1) is 21.7. The van der Waals surface area contributed by atoms with Crippen molar-refractivity contribution in [1.29, 1.82) is 5.26 Å². The standard InChI is InChI=1S/C23H17F3N2O3/c24-23(25,26)15-31-21-10-4-8-19(12-21)28-22(29)16-7-3-9-20(11-16)30-14-18-6-2-1-5-17(18)13-27/h1-12H,14-15H2,(H,28,29). The van der Waals surface area contributed by atoms with E-state index in [4.69, 9.17) is 14.7 Å². The van der Waals surface area contributed by atoms with Crippen LogP contribution in [0.3, 0.4) is 0 Å². The minimum absolute atomic E-state index is 0.0108. The summed E-state index contributed by atoms with van der Waals surface area (Å²) in [6.45, 7) is -1.26. The Kier molecular flexibility index (Phi) is 6.78. The molecule has 5 nitrogen and oxygen atoms in total. The molecule has 0 aliphatic rings. The van der Waals surface area contributed by atoms with Crippen LogP contribution in [0.2, 0.25) is 0 Å². The van der Waals surface area contributed by atoms with Crippen LogP contribution in [0, 0.1) is 11.3 Å². The summed E-state index contributed by atoms with van der Waals surface area (Å²) in [5, 5.41) is 11.8. The lowest BCUT2D eigenvalue weighted by Gasteiger charge is -2.12. The first-order valence-corrected chi connectivity index (χ1v) is 9.16. The van der Waals surface area contributed by atoms with Crippen molar-refractivity contribution in [3.63, 3.8) is 0 Å². The molecule has 8 heteroatoms. The molecule has 3 aromatic carbocycles. The fourth-order valence-corrected chi connectivity index (χ4v) is 2.68. The Morgan fingerprint density at radius 2 is 1.65 bits per heavy atom. The fourth-order valence-electron chi connectivity index (χ4n) is 2.68. The maximum atomic E-state index is 12.5. The van der Waals surface area contributed by atoms with Crippen LogP contribution in [0.5, 0.6) is 11.5 Å². The minimum Gasteiger partial charge on any atom is -0.489 e. The lowest BCUT2D eigenvalue weighted by Crippen LogP contribution is -2.19. The molecule has 3 aromatic rings. The third-order valence-electron chi connectivity index (χ3n) is 4.12. The molecule has 0 bridgehead atoms. The Morgan fingerprint density at radius 1 is 0.935 bits per heavy atom. The van der Waals surface area contributed by atoms with Gasteiger partial charge >= 0.3 is 6.18 Å². The van der Waals surface area contributed by atoms with Crippen LogP contribution in [0.4, 0.5) is 18.9 Å². The second kappa shape index (κ2) is 9.67. The molecular weight excluding hydrogens is 409 g/mol. The molecule has 0 fully saturated rings. The number of nitriles is 1. The van der Waals surface area contributed by atoms with Crippen molar-refractivity contribution in [2.75, 3.05) is 11.9 Å². The molecule has 0 atom stereocenters. The van der Waals surface area contributed by atoms with Gasteiger partial charge in [-0.05, 0) is 36.4 Å². The lowest BCUT2D eigenvalue weighted by molar-refractivity contribution is -0.153. The second-order valence-corrected chi connectivity index (χ2v) is 6.47. The van der Waals surface area contributed by atoms with Crippen molar-refractivity contribution in [2.24, 2.45) is 0 Å². The average Bonchev–Trinajstić information content (AvgIpc) is 2.76. The van der Waals surface area contributed by atoms with Gasteiger partial charge < -0.3 is 14.8 Å². The van der Waals surface area contributed by atoms with E-state index < -0.39 is 18.7 Å². The minimum atomic E-state index is -4.45. The summed E-state index contributed by atoms with van der Waals surface area (Å²) in [5.41, 5.74) is 1.81. The smallest absolute Gasteiger partial charge is 0.422 e. The number of hydrogen-bond donors (Lipinski definition) is 1. The molecule has 3 rings (SSSR count). The van der Waals surface area contributed by atoms with Crippen molar-refractivity contribution in [1.82, 2.24) is 0 Å². The van der Waals surface area contributed by atoms with Gasteiger partial charge in [-0.15, -0.1) is 0 Å². The Bertz CT molecular complexity index is 1110. The summed E-state index contributed by atoms with van der Waals surface area (Å²) in [4.78, 5) is 12.5. The largest absolute Gasteiger partial charge is 0.489 e. The highest BCUT2D eigenvalue weighted by atomic mass is 19.4. The fraction of sp³-hybridized carbons (Fsp3) is 0.130. The van der Waals surface area contributed by atoms with Crippen LogP contribution in [0.1, 0.15) is 21.5 Å². The molecular formula is C23H17F3N2O3. The average molecular weight is 426 g/mol. The molecule has 0 aliphatic carbocycles. The molecule has 31 heavy (non-hydrogen) atoms. The summed E-state index contributed by atoms with van der Waals surface area (Å²) in [5.74, 6) is -0.0399. The van der Waals surface area contributed by atoms with E-state index in [-0.39, 0.29) is 12.4 Å². The second-order valence-electron chi connectivity index (χ2n) is 6.47. The number of anilines is 1. The number of carbonyl (C=O) groups excluding carboxylic acids is 1. The summed E-state index contributed by atoms with van der Waals surface area (Å²) < 4.78 is 47.3. The first-order chi connectivity index (χ1) is 14.8. The number of ether oxygens (including phenoxy) is 2. The predicted octanol–water partition coefficient (Wildman–Crippen LogP) is 5.33. The van der Waals surface area contributed by atoms with E-state index in [9.17, 15) is 18.0 Å². The van der Waals surface area contributed by atoms with Crippen LogP contribution in [0.15, 0.2) is 72.8 Å². The van der Waals surface area contributed by atoms with Crippen molar-refractivity contribution in [2.45, 2.75) is 12.8 Å². The third kappa shape index (κ3) is 6.51. The van der Waals surface area contributed by atoms with Crippen molar-refractivity contribution < 1.29 is 27.4 Å². The number of amides is 1. The van der Waals surface area contributed by atoms with E-state index in [2.05, 4.69) is 11.4 Å². The van der Waals surface area contributed by atoms with Gasteiger partial charge in [0, 0.05) is 22.9 Å². The molecule has 0 saturated carbocycles. The maximum absolute atomic E-state index is 12.5. The van der Waals surface area contributed by atoms with Crippen LogP contribution in [0.25, 0.3) is 0 Å². The molecule has 0 aliphatic heterocycles. The van der Waals surface area contributed by atoms with Crippen molar-refractivity contribution in [3.8, 4) is 17.6 Å². The number of nitrogens with one attached hydrogen (secondary N) is 1. The van der Waals surface area contributed by atoms with Crippen LogP contribution < -0.4 is 14.8 Å². The lowest BCUT2D eigenvalue weighted by atomic mass is 10.1. The highest BCUT2D eigenvalue weighted by Gasteiger charge is 2.28. The van der Waals surface area contributed by atoms with E-state index in [1.54, 1.807) is 42.5 Å². The number of carbonyl (C=O) groups is 1. The monoisotopic (exact) mass is 426 g/mol. The van der Waals surface area contributed by atoms with Gasteiger partial charge in [0.05, 0.1) is 11.6 Å². The summed E-state index contributed by atoms with van der Waals surface area (Å²) in [7, 11) is 0. The van der Waals surface area contributed by atoms with E-state index in [1.165, 1.54) is 30.3 Å². The van der Waals surface area contributed by atoms with Crippen LogP contribution >= 0.6 is 0 Å². The quantitative estimate of drug-likeness (QED) is 0.554. The Hall–Kier alpha value is -3.99. The Labute approximate surface area is 176 Å². The zero-order chi connectivity index (χ0) is 22.3. The number of halogens is 3. The van der Waals surface area contributed by atoms with Crippen LogP contribution in [-0.2, 0) is 6.61 Å². The molecule has 0 spiro atoms. The van der Waals surface area contributed by atoms with Crippen LogP contribution in [-0.4, -0.2) is 18.7 Å². The highest BCUT2D eigenvalue weighted by Crippen LogP contribution is 2.22. The molecule has 0 unspecified atom stereocenters. The topological polar surface area (TPSA) is 71.3 Å². The highest BCUT2D eigenvalue weighted by molar-refractivity contribution is 6.04. The third-order valence-corrected chi connectivity index (χ3v) is 4.12. The molecule has 158 valence electrons. The first-order valence-electron chi connectivity index (χ1n) is 9.16. The number of rotatable bonds is 7. The SMILES string of the molecule is N#Cc1ccccc1COc1cccc(C(=O)Nc2cccc(OCC(F)(F)F)c2)c1. The Morgan fingerprint density at radius 3 is 2.39 bits per heavy atom. The van der Waals surface area contributed by atoms with Gasteiger partial charge in [-0.2, -0.15) is 18.4 Å². The summed E-state index contributed by atoms with van der Waals surface area (Å²) >= 11 is 0. The zero-order valence-electron chi connectivity index (χ0n) is 16.1. The molecule has 0 saturated heterocycles. The van der Waals surface area contributed by atoms with Gasteiger partial charge in [-0.3, -0.25) is 4.79 Å². The predicted molar refractivity (Wildman–Crippen MR) is 108 cm³/mol. The van der Waals surface area contributed by atoms with E-state index in [0.717, 1.165) is 5.56 Å². The number of nitrogens with zero attached hydrogens (tertiary/aromatic N) is 1. The summed E-state index contributed by atoms with van der Waals surface area (Å²) in [6.07, 6.45) is -4.45. The van der Waals surface area contributed by atoms with Crippen molar-refractivity contribution >= 4 is 11.6 Å². The molecule has 0 aromatic heterocycles. The van der Waals surface area contributed by atoms with Gasteiger partial charge in [0.1, 0.15) is 18.1 Å². The molecule has 1 amide bonds. The van der Waals surface area contributed by atoms with Gasteiger partial charge in [0.15, 0.2) is 6.61 Å². The number of benzene rings is 3. The normalized spacial score (nSPS) is 10.8. The molecule has 0 heterocycles. The van der Waals surface area contributed by atoms with Gasteiger partial charge in [0.25, 0.3) is 5.91 Å². The van der Waals surface area contributed by atoms with E-state index >= 15 is 0 Å². The maximum Gasteiger partial charge on any atom is 0.422 e. The number of alkyl halides is 3. The Balaban J connectivity index is 1.64. The molecule has 1 N–H and O–H groups in total. The van der Waals surface area contributed by atoms with Crippen molar-refractivity contribution in [3.05, 3.63) is 89.5 Å². The van der Waals surface area contributed by atoms with Gasteiger partial charge in [-0.1, -0.05) is 30.3 Å². The zero-order valence-corrected chi connectivity index (χ0v) is 16.1. The summed E-state index contributed by atoms with van der Waals surface area (Å²) in [6, 6.07) is 21.3. The van der Waals surface area contributed by atoms with E-state index in [1.807, 2.05) is 0 Å². The van der Waals surface area contributed by atoms with E-state index in [0.29, 0.717) is 22.6 Å². The molecule has 0 radical (unpaired) electrons. The van der Waals surface area contributed by atoms with Gasteiger partial charge in [-0.25, -0.2) is 0 Å². The van der Waals surface area contributed by atoms with Gasteiger partial charge in [0.2, 0.25) is 0 Å². The number of hydrogen-bond acceptors (Lipinski definition) is 4.